The van der Waals surface area contributed by atoms with Gasteiger partial charge < -0.3 is 5.73 Å². The van der Waals surface area contributed by atoms with E-state index in [9.17, 15) is 0 Å². The summed E-state index contributed by atoms with van der Waals surface area (Å²) < 4.78 is 1.98. The van der Waals surface area contributed by atoms with Crippen LogP contribution in [0.25, 0.3) is 16.9 Å². The Morgan fingerprint density at radius 2 is 1.81 bits per heavy atom. The highest BCUT2D eigenvalue weighted by atomic mass is 15.1. The molecule has 1 aliphatic carbocycles. The normalized spacial score (nSPS) is 15.8. The van der Waals surface area contributed by atoms with Gasteiger partial charge in [-0.05, 0) is 25.0 Å². The van der Waals surface area contributed by atoms with Gasteiger partial charge in [0.15, 0.2) is 17.0 Å². The second-order valence-electron chi connectivity index (χ2n) is 5.57. The van der Waals surface area contributed by atoms with E-state index in [0.717, 1.165) is 30.0 Å². The Kier molecular flexibility index (Phi) is 2.84. The SMILES string of the molecule is Nc1nc(C2CCCC2)nc2c1ncn2-c1ccccc1. The number of benzene rings is 1. The smallest absolute Gasteiger partial charge is 0.170 e. The Balaban J connectivity index is 1.89. The molecule has 106 valence electrons. The van der Waals surface area contributed by atoms with E-state index in [1.165, 1.54) is 12.8 Å². The van der Waals surface area contributed by atoms with Gasteiger partial charge in [-0.2, -0.15) is 0 Å². The molecule has 0 radical (unpaired) electrons. The maximum Gasteiger partial charge on any atom is 0.170 e. The Morgan fingerprint density at radius 1 is 1.05 bits per heavy atom. The van der Waals surface area contributed by atoms with E-state index in [1.54, 1.807) is 6.33 Å². The molecule has 3 aromatic rings. The molecule has 21 heavy (non-hydrogen) atoms. The zero-order valence-electron chi connectivity index (χ0n) is 11.7. The fourth-order valence-electron chi connectivity index (χ4n) is 3.08. The van der Waals surface area contributed by atoms with Crippen molar-refractivity contribution in [1.82, 2.24) is 19.5 Å². The van der Waals surface area contributed by atoms with Crippen LogP contribution < -0.4 is 5.73 Å². The lowest BCUT2D eigenvalue weighted by atomic mass is 10.1. The topological polar surface area (TPSA) is 69.6 Å². The molecule has 1 aliphatic rings. The number of nitrogen functional groups attached to an aromatic ring is 1. The second-order valence-corrected chi connectivity index (χ2v) is 5.57. The third kappa shape index (κ3) is 2.05. The van der Waals surface area contributed by atoms with Gasteiger partial charge in [-0.3, -0.25) is 4.57 Å². The van der Waals surface area contributed by atoms with Gasteiger partial charge in [0, 0.05) is 11.6 Å². The summed E-state index contributed by atoms with van der Waals surface area (Å²) in [6.45, 7) is 0. The molecule has 1 fully saturated rings. The quantitative estimate of drug-likeness (QED) is 0.782. The molecular formula is C16H17N5. The van der Waals surface area contributed by atoms with E-state index >= 15 is 0 Å². The van der Waals surface area contributed by atoms with Crippen LogP contribution in [-0.2, 0) is 0 Å². The largest absolute Gasteiger partial charge is 0.382 e. The molecule has 2 heterocycles. The molecule has 0 aliphatic heterocycles. The molecule has 0 amide bonds. The van der Waals surface area contributed by atoms with Crippen molar-refractivity contribution < 1.29 is 0 Å². The molecule has 0 atom stereocenters. The molecule has 2 N–H and O–H groups in total. The summed E-state index contributed by atoms with van der Waals surface area (Å²) in [7, 11) is 0. The van der Waals surface area contributed by atoms with E-state index in [0.29, 0.717) is 17.3 Å². The Labute approximate surface area is 122 Å². The zero-order chi connectivity index (χ0) is 14.2. The van der Waals surface area contributed by atoms with Crippen LogP contribution in [0, 0.1) is 0 Å². The van der Waals surface area contributed by atoms with Gasteiger partial charge in [0.25, 0.3) is 0 Å². The first-order chi connectivity index (χ1) is 10.3. The van der Waals surface area contributed by atoms with Gasteiger partial charge in [-0.15, -0.1) is 0 Å². The Hall–Kier alpha value is -2.43. The minimum absolute atomic E-state index is 0.441. The highest BCUT2D eigenvalue weighted by Crippen LogP contribution is 2.33. The predicted molar refractivity (Wildman–Crippen MR) is 82.3 cm³/mol. The summed E-state index contributed by atoms with van der Waals surface area (Å²) in [5.41, 5.74) is 8.61. The Bertz CT molecular complexity index is 772. The molecule has 5 nitrogen and oxygen atoms in total. The number of rotatable bonds is 2. The van der Waals surface area contributed by atoms with Gasteiger partial charge in [0.05, 0.1) is 0 Å². The van der Waals surface area contributed by atoms with Gasteiger partial charge in [0.1, 0.15) is 12.2 Å². The molecular weight excluding hydrogens is 262 g/mol. The van der Waals surface area contributed by atoms with Crippen LogP contribution >= 0.6 is 0 Å². The van der Waals surface area contributed by atoms with Crippen LogP contribution in [-0.4, -0.2) is 19.5 Å². The van der Waals surface area contributed by atoms with Crippen LogP contribution in [0.2, 0.25) is 0 Å². The molecule has 0 bridgehead atoms. The maximum absolute atomic E-state index is 6.09. The average molecular weight is 279 g/mol. The number of hydrogen-bond acceptors (Lipinski definition) is 4. The zero-order valence-corrected chi connectivity index (χ0v) is 11.7. The molecule has 0 unspecified atom stereocenters. The van der Waals surface area contributed by atoms with Gasteiger partial charge in [-0.1, -0.05) is 31.0 Å². The number of hydrogen-bond donors (Lipinski definition) is 1. The lowest BCUT2D eigenvalue weighted by Crippen LogP contribution is -2.06. The van der Waals surface area contributed by atoms with Crippen molar-refractivity contribution in [2.45, 2.75) is 31.6 Å². The molecule has 0 saturated heterocycles. The fourth-order valence-corrected chi connectivity index (χ4v) is 3.08. The minimum Gasteiger partial charge on any atom is -0.382 e. The number of anilines is 1. The van der Waals surface area contributed by atoms with Gasteiger partial charge in [-0.25, -0.2) is 15.0 Å². The van der Waals surface area contributed by atoms with E-state index in [1.807, 2.05) is 34.9 Å². The van der Waals surface area contributed by atoms with Gasteiger partial charge >= 0.3 is 0 Å². The number of para-hydroxylation sites is 1. The van der Waals surface area contributed by atoms with Crippen molar-refractivity contribution in [3.63, 3.8) is 0 Å². The van der Waals surface area contributed by atoms with E-state index < -0.39 is 0 Å². The summed E-state index contributed by atoms with van der Waals surface area (Å²) >= 11 is 0. The number of imidazole rings is 1. The first-order valence-electron chi connectivity index (χ1n) is 7.39. The first-order valence-corrected chi connectivity index (χ1v) is 7.39. The summed E-state index contributed by atoms with van der Waals surface area (Å²) in [4.78, 5) is 13.6. The lowest BCUT2D eigenvalue weighted by Gasteiger charge is -2.09. The van der Waals surface area contributed by atoms with Gasteiger partial charge in [0.2, 0.25) is 0 Å². The number of nitrogens with two attached hydrogens (primary N) is 1. The monoisotopic (exact) mass is 279 g/mol. The van der Waals surface area contributed by atoms with Crippen LogP contribution in [0.1, 0.15) is 37.4 Å². The maximum atomic E-state index is 6.09. The second kappa shape index (κ2) is 4.84. The average Bonchev–Trinajstić information content (AvgIpc) is 3.18. The number of nitrogens with zero attached hydrogens (tertiary/aromatic N) is 4. The van der Waals surface area contributed by atoms with Crippen molar-refractivity contribution in [1.29, 1.82) is 0 Å². The third-order valence-electron chi connectivity index (χ3n) is 4.20. The first kappa shape index (κ1) is 12.3. The minimum atomic E-state index is 0.441. The van der Waals surface area contributed by atoms with Crippen LogP contribution in [0.15, 0.2) is 36.7 Å². The number of aromatic nitrogens is 4. The third-order valence-corrected chi connectivity index (χ3v) is 4.20. The number of fused-ring (bicyclic) bond motifs is 1. The van der Waals surface area contributed by atoms with Crippen LogP contribution in [0.3, 0.4) is 0 Å². The van der Waals surface area contributed by atoms with Crippen molar-refractivity contribution in [3.05, 3.63) is 42.5 Å². The fraction of sp³-hybridized carbons (Fsp3) is 0.312. The molecule has 1 aromatic carbocycles. The molecule has 4 rings (SSSR count). The summed E-state index contributed by atoms with van der Waals surface area (Å²) in [5, 5.41) is 0. The molecule has 5 heteroatoms. The Morgan fingerprint density at radius 3 is 2.57 bits per heavy atom. The summed E-state index contributed by atoms with van der Waals surface area (Å²) in [6, 6.07) is 10.1. The predicted octanol–water partition coefficient (Wildman–Crippen LogP) is 3.06. The molecule has 1 saturated carbocycles. The van der Waals surface area contributed by atoms with Crippen molar-refractivity contribution in [2.75, 3.05) is 5.73 Å². The standard InChI is InChI=1S/C16H17N5/c17-14-13-16(20-15(19-14)11-6-4-5-7-11)21(10-18-13)12-8-2-1-3-9-12/h1-3,8-11H,4-7H2,(H2,17,19,20). The molecule has 0 spiro atoms. The highest BCUT2D eigenvalue weighted by molar-refractivity contribution is 5.83. The highest BCUT2D eigenvalue weighted by Gasteiger charge is 2.22. The van der Waals surface area contributed by atoms with E-state index in [-0.39, 0.29) is 0 Å². The van der Waals surface area contributed by atoms with E-state index in [2.05, 4.69) is 9.97 Å². The van der Waals surface area contributed by atoms with E-state index in [4.69, 9.17) is 10.7 Å². The summed E-state index contributed by atoms with van der Waals surface area (Å²) in [6.07, 6.45) is 6.59. The molecule has 2 aromatic heterocycles. The van der Waals surface area contributed by atoms with Crippen molar-refractivity contribution in [2.24, 2.45) is 0 Å². The van der Waals surface area contributed by atoms with Crippen molar-refractivity contribution in [3.8, 4) is 5.69 Å². The van der Waals surface area contributed by atoms with Crippen LogP contribution in [0.4, 0.5) is 5.82 Å². The lowest BCUT2D eigenvalue weighted by molar-refractivity contribution is 0.672. The van der Waals surface area contributed by atoms with Crippen LogP contribution in [0.5, 0.6) is 0 Å². The summed E-state index contributed by atoms with van der Waals surface area (Å²) in [5.74, 6) is 1.79. The van der Waals surface area contributed by atoms with Crippen molar-refractivity contribution >= 4 is 17.0 Å².